The molecule has 35 heavy (non-hydrogen) atoms. The number of aliphatic carboxylic acids is 2. The fraction of sp³-hybridized carbons (Fsp3) is 0.650. The number of primary amides is 2. The van der Waals surface area contributed by atoms with Crippen LogP contribution in [0.5, 0.6) is 0 Å². The van der Waals surface area contributed by atoms with E-state index in [9.17, 15) is 38.7 Å². The van der Waals surface area contributed by atoms with Gasteiger partial charge < -0.3 is 43.4 Å². The third-order valence-electron chi connectivity index (χ3n) is 4.68. The molecule has 0 aromatic rings. The minimum absolute atomic E-state index is 0.0427. The van der Waals surface area contributed by atoms with Gasteiger partial charge in [0.25, 0.3) is 0 Å². The van der Waals surface area contributed by atoms with E-state index in [1.165, 1.54) is 0 Å². The Morgan fingerprint density at radius 1 is 0.714 bits per heavy atom. The molecule has 0 rings (SSSR count). The maximum Gasteiger partial charge on any atom is 0.326 e. The number of carboxylic acids is 2. The van der Waals surface area contributed by atoms with E-state index in [4.69, 9.17) is 22.3 Å². The lowest BCUT2D eigenvalue weighted by Gasteiger charge is -2.24. The zero-order valence-corrected chi connectivity index (χ0v) is 19.6. The molecule has 0 spiro atoms. The Labute approximate surface area is 201 Å². The van der Waals surface area contributed by atoms with Crippen LogP contribution >= 0.6 is 0 Å². The molecule has 15 nitrogen and oxygen atoms in total. The van der Waals surface area contributed by atoms with E-state index in [-0.39, 0.29) is 38.0 Å². The van der Waals surface area contributed by atoms with E-state index in [1.807, 2.05) is 13.8 Å². The lowest BCUT2D eigenvalue weighted by atomic mass is 10.0. The number of nitrogens with two attached hydrogens (primary N) is 3. The number of carboxylic acid groups (broad SMARTS) is 2. The largest absolute Gasteiger partial charge is 0.481 e. The molecule has 0 aliphatic heterocycles. The Morgan fingerprint density at radius 3 is 1.57 bits per heavy atom. The van der Waals surface area contributed by atoms with Gasteiger partial charge in [-0.1, -0.05) is 13.8 Å². The van der Waals surface area contributed by atoms with Crippen molar-refractivity contribution in [2.24, 2.45) is 23.1 Å². The molecule has 0 aromatic heterocycles. The molecule has 0 fully saturated rings. The van der Waals surface area contributed by atoms with Crippen molar-refractivity contribution < 1.29 is 43.8 Å². The van der Waals surface area contributed by atoms with Gasteiger partial charge in [0, 0.05) is 12.8 Å². The normalized spacial score (nSPS) is 14.2. The fourth-order valence-corrected chi connectivity index (χ4v) is 2.92. The Hall–Kier alpha value is -3.75. The van der Waals surface area contributed by atoms with Crippen molar-refractivity contribution in [1.29, 1.82) is 0 Å². The molecule has 5 amide bonds. The molecule has 0 saturated heterocycles. The summed E-state index contributed by atoms with van der Waals surface area (Å²) in [6.07, 6.45) is -2.00. The van der Waals surface area contributed by atoms with E-state index in [0.29, 0.717) is 0 Å². The predicted molar refractivity (Wildman–Crippen MR) is 120 cm³/mol. The average molecular weight is 503 g/mol. The predicted octanol–water partition coefficient (Wildman–Crippen LogP) is -3.10. The van der Waals surface area contributed by atoms with Crippen molar-refractivity contribution in [3.63, 3.8) is 0 Å². The molecule has 4 atom stereocenters. The summed E-state index contributed by atoms with van der Waals surface area (Å²) in [7, 11) is 0. The molecule has 0 aromatic carbocycles. The number of carbonyl (C=O) groups is 7. The first kappa shape index (κ1) is 31.2. The van der Waals surface area contributed by atoms with Crippen LogP contribution in [0.25, 0.3) is 0 Å². The van der Waals surface area contributed by atoms with E-state index < -0.39 is 72.1 Å². The Bertz CT molecular complexity index is 817. The highest BCUT2D eigenvalue weighted by atomic mass is 16.4. The van der Waals surface area contributed by atoms with Crippen molar-refractivity contribution in [2.75, 3.05) is 0 Å². The summed E-state index contributed by atoms with van der Waals surface area (Å²) in [6.45, 7) is 3.62. The van der Waals surface area contributed by atoms with Crippen molar-refractivity contribution in [2.45, 2.75) is 76.5 Å². The van der Waals surface area contributed by atoms with Gasteiger partial charge in [-0.15, -0.1) is 0 Å². The maximum absolute atomic E-state index is 12.7. The van der Waals surface area contributed by atoms with Crippen molar-refractivity contribution in [1.82, 2.24) is 16.0 Å². The van der Waals surface area contributed by atoms with Crippen molar-refractivity contribution in [3.8, 4) is 0 Å². The van der Waals surface area contributed by atoms with E-state index in [1.54, 1.807) is 0 Å². The third-order valence-corrected chi connectivity index (χ3v) is 4.68. The van der Waals surface area contributed by atoms with Crippen LogP contribution in [0.2, 0.25) is 0 Å². The second-order valence-electron chi connectivity index (χ2n) is 8.37. The minimum Gasteiger partial charge on any atom is -0.481 e. The van der Waals surface area contributed by atoms with Gasteiger partial charge in [0.05, 0.1) is 12.5 Å². The summed E-state index contributed by atoms with van der Waals surface area (Å²) in [5.41, 5.74) is 15.8. The molecule has 0 aliphatic carbocycles. The highest BCUT2D eigenvalue weighted by Gasteiger charge is 2.31. The van der Waals surface area contributed by atoms with Gasteiger partial charge in [-0.3, -0.25) is 28.8 Å². The van der Waals surface area contributed by atoms with E-state index >= 15 is 0 Å². The van der Waals surface area contributed by atoms with E-state index in [0.717, 1.165) is 0 Å². The summed E-state index contributed by atoms with van der Waals surface area (Å²) in [5.74, 6) is -7.38. The Kier molecular flexibility index (Phi) is 13.6. The SMILES string of the molecule is CC(C)CC(N)C(=O)NC(CC(=O)O)C(=O)NC(CCC(N)=O)C(=O)NC(CCC(N)=O)C(=O)O. The molecule has 15 heteroatoms. The maximum atomic E-state index is 12.7. The summed E-state index contributed by atoms with van der Waals surface area (Å²) < 4.78 is 0. The van der Waals surface area contributed by atoms with Crippen LogP contribution in [-0.2, 0) is 33.6 Å². The van der Waals surface area contributed by atoms with Gasteiger partial charge in [-0.2, -0.15) is 0 Å². The molecular formula is C20H34N6O9. The first-order valence-corrected chi connectivity index (χ1v) is 10.8. The van der Waals surface area contributed by atoms with E-state index in [2.05, 4.69) is 16.0 Å². The number of carbonyl (C=O) groups excluding carboxylic acids is 5. The molecule has 0 saturated carbocycles. The standard InChI is InChI=1S/C20H34N6O9/c1-9(2)7-10(21)17(31)26-13(8-16(29)30)19(33)24-11(3-5-14(22)27)18(32)25-12(20(34)35)4-6-15(23)28/h9-13H,3-8,21H2,1-2H3,(H2,22,27)(H2,23,28)(H,24,33)(H,25,32)(H,26,31)(H,29,30)(H,34,35). The van der Waals surface area contributed by atoms with Gasteiger partial charge in [0.15, 0.2) is 0 Å². The van der Waals surface area contributed by atoms with Gasteiger partial charge >= 0.3 is 11.9 Å². The summed E-state index contributed by atoms with van der Waals surface area (Å²) in [5, 5.41) is 25.0. The lowest BCUT2D eigenvalue weighted by Crippen LogP contribution is -2.57. The molecule has 0 bridgehead atoms. The summed E-state index contributed by atoms with van der Waals surface area (Å²) >= 11 is 0. The number of rotatable bonds is 17. The van der Waals surface area contributed by atoms with Gasteiger partial charge in [-0.25, -0.2) is 4.79 Å². The highest BCUT2D eigenvalue weighted by Crippen LogP contribution is 2.06. The first-order chi connectivity index (χ1) is 16.1. The van der Waals surface area contributed by atoms with Gasteiger partial charge in [-0.05, 0) is 25.2 Å². The first-order valence-electron chi connectivity index (χ1n) is 10.8. The average Bonchev–Trinajstić information content (AvgIpc) is 2.71. The summed E-state index contributed by atoms with van der Waals surface area (Å²) in [4.78, 5) is 82.5. The van der Waals surface area contributed by atoms with Gasteiger partial charge in [0.1, 0.15) is 18.1 Å². The van der Waals surface area contributed by atoms with Crippen LogP contribution in [-0.4, -0.2) is 75.9 Å². The Balaban J connectivity index is 5.60. The van der Waals surface area contributed by atoms with Crippen LogP contribution < -0.4 is 33.2 Å². The zero-order chi connectivity index (χ0) is 27.3. The summed E-state index contributed by atoms with van der Waals surface area (Å²) in [6, 6.07) is -5.68. The van der Waals surface area contributed by atoms with Crippen LogP contribution in [0.15, 0.2) is 0 Å². The topological polar surface area (TPSA) is 274 Å². The number of hydrogen-bond acceptors (Lipinski definition) is 8. The molecule has 198 valence electrons. The highest BCUT2D eigenvalue weighted by molar-refractivity contribution is 5.95. The van der Waals surface area contributed by atoms with Crippen LogP contribution in [0.3, 0.4) is 0 Å². The number of nitrogens with one attached hydrogen (secondary N) is 3. The molecule has 0 radical (unpaired) electrons. The second-order valence-corrected chi connectivity index (χ2v) is 8.37. The number of hydrogen-bond donors (Lipinski definition) is 8. The molecule has 4 unspecified atom stereocenters. The molecule has 0 heterocycles. The molecule has 0 aliphatic rings. The van der Waals surface area contributed by atoms with Crippen LogP contribution in [0, 0.1) is 5.92 Å². The quantitative estimate of drug-likeness (QED) is 0.0991. The third kappa shape index (κ3) is 13.5. The smallest absolute Gasteiger partial charge is 0.326 e. The number of amides is 5. The van der Waals surface area contributed by atoms with Crippen LogP contribution in [0.1, 0.15) is 52.4 Å². The molecular weight excluding hydrogens is 468 g/mol. The molecule has 11 N–H and O–H groups in total. The van der Waals surface area contributed by atoms with Crippen LogP contribution in [0.4, 0.5) is 0 Å². The zero-order valence-electron chi connectivity index (χ0n) is 19.6. The second kappa shape index (κ2) is 15.2. The van der Waals surface area contributed by atoms with Crippen molar-refractivity contribution >= 4 is 41.5 Å². The lowest BCUT2D eigenvalue weighted by molar-refractivity contribution is -0.143. The monoisotopic (exact) mass is 502 g/mol. The van der Waals surface area contributed by atoms with Crippen molar-refractivity contribution in [3.05, 3.63) is 0 Å². The Morgan fingerprint density at radius 2 is 1.14 bits per heavy atom. The fourth-order valence-electron chi connectivity index (χ4n) is 2.92. The minimum atomic E-state index is -1.62. The van der Waals surface area contributed by atoms with Gasteiger partial charge in [0.2, 0.25) is 29.5 Å².